The number of benzene rings is 3. The monoisotopic (exact) mass is 618 g/mol. The van der Waals surface area contributed by atoms with Crippen molar-refractivity contribution >= 4 is 116 Å². The Balaban J connectivity index is 1.52. The number of carbonyl (C=O) groups excluding carboxylic acids is 2. The number of hydrogen-bond acceptors (Lipinski definition) is 4. The van der Waals surface area contributed by atoms with Crippen LogP contribution in [0.5, 0.6) is 0 Å². The van der Waals surface area contributed by atoms with Crippen LogP contribution in [0.4, 0.5) is 11.4 Å². The first-order chi connectivity index (χ1) is 17.0. The molecule has 2 aliphatic heterocycles. The molecule has 0 saturated carbocycles. The van der Waals surface area contributed by atoms with E-state index in [1.807, 2.05) is 0 Å². The maximum absolute atomic E-state index is 12.5. The molecule has 0 radical (unpaired) electrons. The highest BCUT2D eigenvalue weighted by atomic mass is 35.5. The highest BCUT2D eigenvalue weighted by Gasteiger charge is 2.35. The zero-order chi connectivity index (χ0) is 26.0. The molecular formula is C23H9Cl7N4O2. The second kappa shape index (κ2) is 9.37. The minimum Gasteiger partial charge on any atom is -0.306 e. The summed E-state index contributed by atoms with van der Waals surface area (Å²) >= 11 is 43.8. The Morgan fingerprint density at radius 2 is 0.889 bits per heavy atom. The molecule has 0 bridgehead atoms. The first-order valence-electron chi connectivity index (χ1n) is 9.95. The Kier molecular flexibility index (Phi) is 6.67. The molecule has 0 spiro atoms. The average Bonchev–Trinajstić information content (AvgIpc) is 3.35. The predicted molar refractivity (Wildman–Crippen MR) is 146 cm³/mol. The van der Waals surface area contributed by atoms with Gasteiger partial charge < -0.3 is 10.6 Å². The van der Waals surface area contributed by atoms with Gasteiger partial charge in [-0.25, -0.2) is 9.98 Å². The number of halogens is 7. The molecular weight excluding hydrogens is 612 g/mol. The number of amidine groups is 2. The van der Waals surface area contributed by atoms with Crippen LogP contribution < -0.4 is 10.6 Å². The third kappa shape index (κ3) is 3.96. The Morgan fingerprint density at radius 3 is 1.33 bits per heavy atom. The van der Waals surface area contributed by atoms with Gasteiger partial charge in [0, 0.05) is 0 Å². The van der Waals surface area contributed by atoms with Crippen LogP contribution in [0.3, 0.4) is 0 Å². The van der Waals surface area contributed by atoms with Gasteiger partial charge >= 0.3 is 0 Å². The van der Waals surface area contributed by atoms with Crippen molar-refractivity contribution in [2.75, 3.05) is 0 Å². The number of aliphatic imine (C=N–C) groups is 2. The Labute approximate surface area is 239 Å². The normalized spacial score (nSPS) is 16.4. The van der Waals surface area contributed by atoms with Gasteiger partial charge in [-0.05, 0) is 36.8 Å². The standard InChI is InChI=1S/C23H9Cl7N4O2/c1-6-13(24)11-9(15(26)14(6)25)20(33-22(11)35)31-7-2-4-8(5-3-7)32-21-10-12(23(36)34-21)17(28)19(30)18(29)16(10)27/h2-5H,1H3,(H,31,33,35)(H,32,34,36). The second-order valence-electron chi connectivity index (χ2n) is 7.67. The first-order valence-corrected chi connectivity index (χ1v) is 12.6. The van der Waals surface area contributed by atoms with E-state index in [1.165, 1.54) is 0 Å². The summed E-state index contributed by atoms with van der Waals surface area (Å²) in [5, 5.41) is 5.99. The number of carbonyl (C=O) groups is 2. The van der Waals surface area contributed by atoms with Crippen LogP contribution in [0, 0.1) is 6.92 Å². The van der Waals surface area contributed by atoms with Crippen LogP contribution in [-0.4, -0.2) is 23.5 Å². The second-order valence-corrected chi connectivity index (χ2v) is 10.3. The third-order valence-electron chi connectivity index (χ3n) is 5.53. The maximum atomic E-state index is 12.5. The SMILES string of the molecule is Cc1c(Cl)c(Cl)c2c(c1Cl)C(=O)NC2=Nc1ccc(N=C2NC(=O)c3c(Cl)c(Cl)c(Cl)c(Cl)c32)cc1. The molecule has 0 fully saturated rings. The van der Waals surface area contributed by atoms with Gasteiger partial charge in [-0.15, -0.1) is 0 Å². The summed E-state index contributed by atoms with van der Waals surface area (Å²) in [4.78, 5) is 33.9. The van der Waals surface area contributed by atoms with E-state index >= 15 is 0 Å². The van der Waals surface area contributed by atoms with E-state index < -0.39 is 11.8 Å². The number of rotatable bonds is 2. The van der Waals surface area contributed by atoms with E-state index in [0.29, 0.717) is 22.5 Å². The summed E-state index contributed by atoms with van der Waals surface area (Å²) in [6, 6.07) is 6.61. The molecule has 3 aromatic rings. The summed E-state index contributed by atoms with van der Waals surface area (Å²) in [5.41, 5.74) is 2.36. The smallest absolute Gasteiger partial charge is 0.259 e. The molecule has 2 aliphatic rings. The Morgan fingerprint density at radius 1 is 0.528 bits per heavy atom. The molecule has 3 aromatic carbocycles. The van der Waals surface area contributed by atoms with Crippen molar-refractivity contribution in [3.05, 3.63) is 87.2 Å². The van der Waals surface area contributed by atoms with Gasteiger partial charge in [-0.1, -0.05) is 81.2 Å². The summed E-state index contributed by atoms with van der Waals surface area (Å²) < 4.78 is 0. The molecule has 2 heterocycles. The van der Waals surface area contributed by atoms with Gasteiger partial charge in [0.15, 0.2) is 0 Å². The van der Waals surface area contributed by atoms with Crippen molar-refractivity contribution < 1.29 is 9.59 Å². The Hall–Kier alpha value is -2.03. The van der Waals surface area contributed by atoms with Crippen molar-refractivity contribution in [1.82, 2.24) is 10.6 Å². The van der Waals surface area contributed by atoms with Gasteiger partial charge in [-0.2, -0.15) is 0 Å². The summed E-state index contributed by atoms with van der Waals surface area (Å²) in [6.07, 6.45) is 0. The van der Waals surface area contributed by atoms with Crippen molar-refractivity contribution in [2.24, 2.45) is 9.98 Å². The van der Waals surface area contributed by atoms with E-state index in [9.17, 15) is 9.59 Å². The zero-order valence-corrected chi connectivity index (χ0v) is 23.0. The lowest BCUT2D eigenvalue weighted by molar-refractivity contribution is 0.0975. The van der Waals surface area contributed by atoms with Gasteiger partial charge in [0.25, 0.3) is 11.8 Å². The number of nitrogens with zero attached hydrogens (tertiary/aromatic N) is 2. The summed E-state index contributed by atoms with van der Waals surface area (Å²) in [7, 11) is 0. The van der Waals surface area contributed by atoms with Crippen molar-refractivity contribution in [1.29, 1.82) is 0 Å². The fourth-order valence-electron chi connectivity index (χ4n) is 3.77. The lowest BCUT2D eigenvalue weighted by Gasteiger charge is -2.09. The molecule has 36 heavy (non-hydrogen) atoms. The van der Waals surface area contributed by atoms with Crippen molar-refractivity contribution in [3.8, 4) is 0 Å². The topological polar surface area (TPSA) is 82.9 Å². The van der Waals surface area contributed by atoms with Crippen LogP contribution in [0.25, 0.3) is 0 Å². The number of fused-ring (bicyclic) bond motifs is 2. The molecule has 6 nitrogen and oxygen atoms in total. The molecule has 0 aromatic heterocycles. The summed E-state index contributed by atoms with van der Waals surface area (Å²) in [6.45, 7) is 1.67. The van der Waals surface area contributed by atoms with Crippen LogP contribution in [0.1, 0.15) is 37.4 Å². The molecule has 2 N–H and O–H groups in total. The van der Waals surface area contributed by atoms with E-state index in [4.69, 9.17) is 81.2 Å². The minimum absolute atomic E-state index is 0.0112. The lowest BCUT2D eigenvalue weighted by Crippen LogP contribution is -2.21. The largest absolute Gasteiger partial charge is 0.306 e. The Bertz CT molecular complexity index is 1480. The first kappa shape index (κ1) is 25.6. The highest BCUT2D eigenvalue weighted by Crippen LogP contribution is 2.44. The highest BCUT2D eigenvalue weighted by molar-refractivity contribution is 6.55. The van der Waals surface area contributed by atoms with Gasteiger partial charge in [0.05, 0.1) is 68.8 Å². The average molecular weight is 622 g/mol. The molecule has 13 heteroatoms. The van der Waals surface area contributed by atoms with Crippen LogP contribution in [0.2, 0.25) is 35.2 Å². The maximum Gasteiger partial charge on any atom is 0.259 e. The van der Waals surface area contributed by atoms with E-state index in [-0.39, 0.29) is 63.5 Å². The minimum atomic E-state index is -0.502. The lowest BCUT2D eigenvalue weighted by atomic mass is 10.1. The van der Waals surface area contributed by atoms with Crippen LogP contribution in [0.15, 0.2) is 34.3 Å². The van der Waals surface area contributed by atoms with Gasteiger partial charge in [0.1, 0.15) is 11.7 Å². The van der Waals surface area contributed by atoms with Gasteiger partial charge in [-0.3, -0.25) is 9.59 Å². The summed E-state index contributed by atoms with van der Waals surface area (Å²) in [5.74, 6) is -0.545. The van der Waals surface area contributed by atoms with E-state index in [0.717, 1.165) is 0 Å². The van der Waals surface area contributed by atoms with E-state index in [1.54, 1.807) is 31.2 Å². The molecule has 182 valence electrons. The number of amides is 2. The van der Waals surface area contributed by atoms with Crippen molar-refractivity contribution in [2.45, 2.75) is 6.92 Å². The zero-order valence-electron chi connectivity index (χ0n) is 17.7. The number of nitrogens with one attached hydrogen (secondary N) is 2. The third-order valence-corrected chi connectivity index (χ3v) is 8.75. The van der Waals surface area contributed by atoms with Crippen LogP contribution >= 0.6 is 81.2 Å². The molecule has 5 rings (SSSR count). The number of hydrogen-bond donors (Lipinski definition) is 2. The fourth-order valence-corrected chi connectivity index (χ4v) is 5.64. The molecule has 0 atom stereocenters. The van der Waals surface area contributed by atoms with Gasteiger partial charge in [0.2, 0.25) is 0 Å². The quantitative estimate of drug-likeness (QED) is 0.223. The fraction of sp³-hybridized carbons (Fsp3) is 0.0435. The van der Waals surface area contributed by atoms with E-state index in [2.05, 4.69) is 20.6 Å². The predicted octanol–water partition coefficient (Wildman–Crippen LogP) is 8.21. The molecule has 2 amide bonds. The van der Waals surface area contributed by atoms with Crippen LogP contribution in [-0.2, 0) is 0 Å². The molecule has 0 saturated heterocycles. The molecule has 0 aliphatic carbocycles. The molecule has 0 unspecified atom stereocenters. The van der Waals surface area contributed by atoms with Crippen molar-refractivity contribution in [3.63, 3.8) is 0 Å².